The number of hydrogen-bond donors (Lipinski definition) is 2. The Bertz CT molecular complexity index is 167. The third-order valence-electron chi connectivity index (χ3n) is 3.19. The molecule has 0 bridgehead atoms. The summed E-state index contributed by atoms with van der Waals surface area (Å²) in [5.41, 5.74) is 0. The molecule has 0 saturated heterocycles. The monoisotopic (exact) mass is 338 g/mol. The Labute approximate surface area is 126 Å². The highest BCUT2D eigenvalue weighted by Crippen LogP contribution is 2.11. The highest BCUT2D eigenvalue weighted by Gasteiger charge is 2.00. The van der Waals surface area contributed by atoms with Crippen LogP contribution in [0, 0.1) is 0 Å². The van der Waals surface area contributed by atoms with E-state index in [0.717, 1.165) is 11.8 Å². The first-order chi connectivity index (χ1) is 9.31. The second kappa shape index (κ2) is 16.4. The molecule has 0 aliphatic rings. The van der Waals surface area contributed by atoms with Gasteiger partial charge in [-0.3, -0.25) is 0 Å². The molecule has 0 heterocycles. The lowest BCUT2D eigenvalue weighted by Gasteiger charge is -2.07. The van der Waals surface area contributed by atoms with Gasteiger partial charge in [-0.15, -0.1) is 0 Å². The average Bonchev–Trinajstić information content (AvgIpc) is 2.43. The van der Waals surface area contributed by atoms with Gasteiger partial charge in [-0.25, -0.2) is 0 Å². The van der Waals surface area contributed by atoms with Gasteiger partial charge in [-0.2, -0.15) is 0 Å². The molecule has 4 heteroatoms. The quantitative estimate of drug-likeness (QED) is 0.354. The van der Waals surface area contributed by atoms with Gasteiger partial charge in [0.15, 0.2) is 0 Å². The van der Waals surface area contributed by atoms with E-state index >= 15 is 0 Å². The number of ether oxygens (including phenoxy) is 1. The van der Waals surface area contributed by atoms with Gasteiger partial charge in [0.1, 0.15) is 6.10 Å². The zero-order valence-corrected chi connectivity index (χ0v) is 13.7. The molecule has 0 aromatic carbocycles. The summed E-state index contributed by atoms with van der Waals surface area (Å²) in [6, 6.07) is 0. The van der Waals surface area contributed by atoms with Crippen LogP contribution in [0.4, 0.5) is 0 Å². The van der Waals surface area contributed by atoms with Crippen molar-refractivity contribution in [3.63, 3.8) is 0 Å². The molecule has 116 valence electrons. The van der Waals surface area contributed by atoms with E-state index in [1.165, 1.54) is 57.8 Å². The molecule has 0 aromatic rings. The highest BCUT2D eigenvalue weighted by atomic mass is 79.9. The Balaban J connectivity index is 2.95. The fraction of sp³-hybridized carbons (Fsp3) is 1.00. The molecule has 0 fully saturated rings. The van der Waals surface area contributed by atoms with Crippen LogP contribution in [0.15, 0.2) is 0 Å². The van der Waals surface area contributed by atoms with Crippen molar-refractivity contribution in [2.45, 2.75) is 70.3 Å². The molecule has 0 rings (SSSR count). The summed E-state index contributed by atoms with van der Waals surface area (Å²) in [7, 11) is 0. The van der Waals surface area contributed by atoms with E-state index in [1.807, 2.05) is 0 Å². The molecule has 1 atom stereocenters. The van der Waals surface area contributed by atoms with Gasteiger partial charge >= 0.3 is 0 Å². The van der Waals surface area contributed by atoms with Crippen LogP contribution < -0.4 is 0 Å². The first-order valence-electron chi connectivity index (χ1n) is 7.74. The topological polar surface area (TPSA) is 49.7 Å². The van der Waals surface area contributed by atoms with E-state index in [9.17, 15) is 0 Å². The first-order valence-corrected chi connectivity index (χ1v) is 8.86. The van der Waals surface area contributed by atoms with Crippen molar-refractivity contribution in [1.29, 1.82) is 0 Å². The maximum atomic E-state index is 9.06. The van der Waals surface area contributed by atoms with Gasteiger partial charge in [-0.05, 0) is 12.8 Å². The molecule has 0 unspecified atom stereocenters. The molecule has 0 aromatic heterocycles. The lowest BCUT2D eigenvalue weighted by atomic mass is 10.1. The number of unbranched alkanes of at least 4 members (excludes halogenated alkanes) is 9. The molecule has 19 heavy (non-hydrogen) atoms. The van der Waals surface area contributed by atoms with Crippen LogP contribution in [0.1, 0.15) is 64.2 Å². The standard InChI is InChI=1S/C15H31BrO3/c16-11-9-7-5-3-1-2-4-6-8-10-12-19-14-15(18)13-17/h15,17-18H,1-14H2/t15-/m0/s1. The van der Waals surface area contributed by atoms with E-state index in [-0.39, 0.29) is 13.2 Å². The van der Waals surface area contributed by atoms with Crippen molar-refractivity contribution >= 4 is 15.9 Å². The van der Waals surface area contributed by atoms with E-state index in [0.29, 0.717) is 6.61 Å². The molecule has 0 radical (unpaired) electrons. The molecule has 0 aliphatic heterocycles. The second-order valence-corrected chi connectivity index (χ2v) is 5.93. The van der Waals surface area contributed by atoms with Crippen LogP contribution >= 0.6 is 15.9 Å². The van der Waals surface area contributed by atoms with Crippen LogP contribution in [0.5, 0.6) is 0 Å². The van der Waals surface area contributed by atoms with Crippen LogP contribution in [0.2, 0.25) is 0 Å². The molecule has 0 aliphatic carbocycles. The van der Waals surface area contributed by atoms with Gasteiger partial charge in [0.25, 0.3) is 0 Å². The predicted molar refractivity (Wildman–Crippen MR) is 83.9 cm³/mol. The van der Waals surface area contributed by atoms with Gasteiger partial charge in [-0.1, -0.05) is 67.3 Å². The molecule has 0 saturated carbocycles. The lowest BCUT2D eigenvalue weighted by Crippen LogP contribution is -2.19. The summed E-state index contributed by atoms with van der Waals surface area (Å²) >= 11 is 3.45. The Kier molecular flexibility index (Phi) is 16.7. The maximum absolute atomic E-state index is 9.06. The van der Waals surface area contributed by atoms with E-state index < -0.39 is 6.10 Å². The summed E-state index contributed by atoms with van der Waals surface area (Å²) < 4.78 is 5.26. The van der Waals surface area contributed by atoms with Gasteiger partial charge < -0.3 is 14.9 Å². The third kappa shape index (κ3) is 16.3. The highest BCUT2D eigenvalue weighted by molar-refractivity contribution is 9.09. The SMILES string of the molecule is OC[C@H](O)COCCCCCCCCCCCCBr. The fourth-order valence-corrected chi connectivity index (χ4v) is 2.38. The Morgan fingerprint density at radius 3 is 1.74 bits per heavy atom. The summed E-state index contributed by atoms with van der Waals surface area (Å²) in [5.74, 6) is 0. The smallest absolute Gasteiger partial charge is 0.100 e. The molecule has 0 amide bonds. The predicted octanol–water partition coefficient (Wildman–Crippen LogP) is 3.65. The van der Waals surface area contributed by atoms with Crippen molar-refractivity contribution in [2.24, 2.45) is 0 Å². The maximum Gasteiger partial charge on any atom is 0.100 e. The third-order valence-corrected chi connectivity index (χ3v) is 3.75. The zero-order valence-electron chi connectivity index (χ0n) is 12.2. The zero-order chi connectivity index (χ0) is 14.2. The summed E-state index contributed by atoms with van der Waals surface area (Å²) in [4.78, 5) is 0. The molecular formula is C15H31BrO3. The Hall–Kier alpha value is 0.360. The van der Waals surface area contributed by atoms with Gasteiger partial charge in [0.2, 0.25) is 0 Å². The molecule has 2 N–H and O–H groups in total. The normalized spacial score (nSPS) is 12.8. The summed E-state index contributed by atoms with van der Waals surface area (Å²) in [5, 5.41) is 18.8. The molecule has 0 spiro atoms. The molecule has 3 nitrogen and oxygen atoms in total. The summed E-state index contributed by atoms with van der Waals surface area (Å²) in [6.45, 7) is 0.740. The number of halogens is 1. The Morgan fingerprint density at radius 1 is 0.789 bits per heavy atom. The number of rotatable bonds is 15. The first kappa shape index (κ1) is 19.4. The van der Waals surface area contributed by atoms with Gasteiger partial charge in [0, 0.05) is 11.9 Å². The van der Waals surface area contributed by atoms with Crippen molar-refractivity contribution in [2.75, 3.05) is 25.2 Å². The van der Waals surface area contributed by atoms with Crippen LogP contribution in [0.25, 0.3) is 0 Å². The van der Waals surface area contributed by atoms with E-state index in [2.05, 4.69) is 15.9 Å². The Morgan fingerprint density at radius 2 is 1.26 bits per heavy atom. The fourth-order valence-electron chi connectivity index (χ4n) is 1.98. The number of hydrogen-bond acceptors (Lipinski definition) is 3. The molecular weight excluding hydrogens is 308 g/mol. The van der Waals surface area contributed by atoms with E-state index in [4.69, 9.17) is 14.9 Å². The largest absolute Gasteiger partial charge is 0.394 e. The second-order valence-electron chi connectivity index (χ2n) is 5.14. The average molecular weight is 339 g/mol. The van der Waals surface area contributed by atoms with Crippen LogP contribution in [0.3, 0.4) is 0 Å². The van der Waals surface area contributed by atoms with Crippen LogP contribution in [-0.4, -0.2) is 41.5 Å². The number of alkyl halides is 1. The van der Waals surface area contributed by atoms with Crippen molar-refractivity contribution < 1.29 is 14.9 Å². The van der Waals surface area contributed by atoms with Crippen molar-refractivity contribution in [3.8, 4) is 0 Å². The van der Waals surface area contributed by atoms with Crippen molar-refractivity contribution in [1.82, 2.24) is 0 Å². The van der Waals surface area contributed by atoms with Crippen molar-refractivity contribution in [3.05, 3.63) is 0 Å². The minimum Gasteiger partial charge on any atom is -0.394 e. The van der Waals surface area contributed by atoms with Gasteiger partial charge in [0.05, 0.1) is 13.2 Å². The summed E-state index contributed by atoms with van der Waals surface area (Å²) in [6.07, 6.45) is 12.3. The van der Waals surface area contributed by atoms with Crippen LogP contribution in [-0.2, 0) is 4.74 Å². The minimum absolute atomic E-state index is 0.213. The van der Waals surface area contributed by atoms with E-state index in [1.54, 1.807) is 0 Å². The minimum atomic E-state index is -0.718. The number of aliphatic hydroxyl groups excluding tert-OH is 2. The number of aliphatic hydroxyl groups is 2. The lowest BCUT2D eigenvalue weighted by molar-refractivity contribution is 0.00526.